The zero-order chi connectivity index (χ0) is 15.5. The van der Waals surface area contributed by atoms with Crippen molar-refractivity contribution < 1.29 is 19.0 Å². The number of ether oxygens (including phenoxy) is 3. The van der Waals surface area contributed by atoms with Gasteiger partial charge in [-0.05, 0) is 37.8 Å². The summed E-state index contributed by atoms with van der Waals surface area (Å²) in [6.07, 6.45) is 3.76. The van der Waals surface area contributed by atoms with Gasteiger partial charge in [0.15, 0.2) is 11.5 Å². The molecule has 1 aliphatic carbocycles. The minimum absolute atomic E-state index is 0. The summed E-state index contributed by atoms with van der Waals surface area (Å²) in [7, 11) is 1.55. The van der Waals surface area contributed by atoms with Crippen molar-refractivity contribution in [1.29, 1.82) is 0 Å². The van der Waals surface area contributed by atoms with Gasteiger partial charge in [-0.1, -0.05) is 0 Å². The second kappa shape index (κ2) is 7.75. The highest BCUT2D eigenvalue weighted by Gasteiger charge is 2.24. The quantitative estimate of drug-likeness (QED) is 0.876. The van der Waals surface area contributed by atoms with Crippen LogP contribution < -0.4 is 25.3 Å². The standard InChI is InChI=1S/C16H22N2O4.ClH/c1-20-13-8-10(9-14-15(13)22-7-6-21-14)16(19)18-12-4-2-11(17)3-5-12;/h8-9,11-12H,2-7,17H2,1H3,(H,18,19);1H. The van der Waals surface area contributed by atoms with Crippen LogP contribution in [0.4, 0.5) is 0 Å². The predicted octanol–water partition coefficient (Wildman–Crippen LogP) is 1.89. The van der Waals surface area contributed by atoms with Crippen molar-refractivity contribution in [2.24, 2.45) is 5.73 Å². The molecule has 1 amide bonds. The van der Waals surface area contributed by atoms with Gasteiger partial charge in [0.1, 0.15) is 13.2 Å². The number of nitrogens with one attached hydrogen (secondary N) is 1. The Hall–Kier alpha value is -1.66. The van der Waals surface area contributed by atoms with Crippen molar-refractivity contribution in [3.05, 3.63) is 17.7 Å². The fraction of sp³-hybridized carbons (Fsp3) is 0.562. The number of hydrogen-bond donors (Lipinski definition) is 2. The van der Waals surface area contributed by atoms with Gasteiger partial charge in [-0.2, -0.15) is 0 Å². The molecule has 1 aliphatic heterocycles. The van der Waals surface area contributed by atoms with Crippen LogP contribution in [0.5, 0.6) is 17.2 Å². The number of nitrogens with two attached hydrogens (primary N) is 1. The molecule has 3 N–H and O–H groups in total. The lowest BCUT2D eigenvalue weighted by Gasteiger charge is -2.27. The predicted molar refractivity (Wildman–Crippen MR) is 88.9 cm³/mol. The maximum Gasteiger partial charge on any atom is 0.251 e. The fourth-order valence-corrected chi connectivity index (χ4v) is 2.94. The van der Waals surface area contributed by atoms with Gasteiger partial charge in [-0.25, -0.2) is 0 Å². The molecular weight excluding hydrogens is 320 g/mol. The highest BCUT2D eigenvalue weighted by Crippen LogP contribution is 2.40. The molecule has 1 saturated carbocycles. The number of benzene rings is 1. The number of carbonyl (C=O) groups excluding carboxylic acids is 1. The number of methoxy groups -OCH3 is 1. The second-order valence-electron chi connectivity index (χ2n) is 5.79. The Morgan fingerprint density at radius 2 is 1.91 bits per heavy atom. The van der Waals surface area contributed by atoms with E-state index in [1.807, 2.05) is 0 Å². The van der Waals surface area contributed by atoms with E-state index in [-0.39, 0.29) is 30.4 Å². The van der Waals surface area contributed by atoms with Crippen molar-refractivity contribution in [3.63, 3.8) is 0 Å². The summed E-state index contributed by atoms with van der Waals surface area (Å²) < 4.78 is 16.4. The summed E-state index contributed by atoms with van der Waals surface area (Å²) in [5.41, 5.74) is 6.42. The van der Waals surface area contributed by atoms with Crippen molar-refractivity contribution in [3.8, 4) is 17.2 Å². The van der Waals surface area contributed by atoms with Gasteiger partial charge in [0.2, 0.25) is 5.75 Å². The number of hydrogen-bond acceptors (Lipinski definition) is 5. The van der Waals surface area contributed by atoms with Crippen LogP contribution in [0.25, 0.3) is 0 Å². The van der Waals surface area contributed by atoms with Crippen molar-refractivity contribution in [2.75, 3.05) is 20.3 Å². The number of rotatable bonds is 3. The first-order valence-corrected chi connectivity index (χ1v) is 7.71. The lowest BCUT2D eigenvalue weighted by molar-refractivity contribution is 0.0924. The smallest absolute Gasteiger partial charge is 0.251 e. The molecule has 1 aromatic carbocycles. The molecule has 0 saturated heterocycles. The zero-order valence-electron chi connectivity index (χ0n) is 13.2. The number of halogens is 1. The minimum Gasteiger partial charge on any atom is -0.493 e. The maximum atomic E-state index is 12.5. The second-order valence-corrected chi connectivity index (χ2v) is 5.79. The first-order valence-electron chi connectivity index (χ1n) is 7.71. The van der Waals surface area contributed by atoms with Gasteiger partial charge in [-0.15, -0.1) is 12.4 Å². The van der Waals surface area contributed by atoms with Crippen LogP contribution in [0.15, 0.2) is 12.1 Å². The molecule has 0 bridgehead atoms. The van der Waals surface area contributed by atoms with E-state index < -0.39 is 0 Å². The Labute approximate surface area is 142 Å². The van der Waals surface area contributed by atoms with E-state index in [0.29, 0.717) is 36.0 Å². The average molecular weight is 343 g/mol. The van der Waals surface area contributed by atoms with Crippen LogP contribution in [0.1, 0.15) is 36.0 Å². The van der Waals surface area contributed by atoms with E-state index in [4.69, 9.17) is 19.9 Å². The Bertz CT molecular complexity index is 542. The van der Waals surface area contributed by atoms with E-state index in [1.165, 1.54) is 0 Å². The fourth-order valence-electron chi connectivity index (χ4n) is 2.94. The zero-order valence-corrected chi connectivity index (χ0v) is 14.0. The monoisotopic (exact) mass is 342 g/mol. The van der Waals surface area contributed by atoms with Crippen LogP contribution in [-0.2, 0) is 0 Å². The van der Waals surface area contributed by atoms with Crippen molar-refractivity contribution >= 4 is 18.3 Å². The molecule has 7 heteroatoms. The van der Waals surface area contributed by atoms with Crippen LogP contribution >= 0.6 is 12.4 Å². The van der Waals surface area contributed by atoms with E-state index in [1.54, 1.807) is 19.2 Å². The molecule has 0 aromatic heterocycles. The third-order valence-electron chi connectivity index (χ3n) is 4.20. The first kappa shape index (κ1) is 17.7. The van der Waals surface area contributed by atoms with Crippen LogP contribution in [0, 0.1) is 0 Å². The molecule has 0 unspecified atom stereocenters. The van der Waals surface area contributed by atoms with Crippen LogP contribution in [0.3, 0.4) is 0 Å². The SMILES string of the molecule is COc1cc(C(=O)NC2CCC(N)CC2)cc2c1OCCO2.Cl. The highest BCUT2D eigenvalue weighted by atomic mass is 35.5. The molecule has 2 aliphatic rings. The van der Waals surface area contributed by atoms with E-state index in [0.717, 1.165) is 25.7 Å². The lowest BCUT2D eigenvalue weighted by Crippen LogP contribution is -2.40. The van der Waals surface area contributed by atoms with Gasteiger partial charge >= 0.3 is 0 Å². The molecule has 1 aromatic rings. The first-order chi connectivity index (χ1) is 10.7. The summed E-state index contributed by atoms with van der Waals surface area (Å²) in [4.78, 5) is 12.5. The maximum absolute atomic E-state index is 12.5. The molecule has 0 radical (unpaired) electrons. The molecule has 0 spiro atoms. The summed E-state index contributed by atoms with van der Waals surface area (Å²) in [5, 5.41) is 3.07. The number of fused-ring (bicyclic) bond motifs is 1. The van der Waals surface area contributed by atoms with E-state index in [9.17, 15) is 4.79 Å². The average Bonchev–Trinajstić information content (AvgIpc) is 2.55. The summed E-state index contributed by atoms with van der Waals surface area (Å²) in [6.45, 7) is 0.957. The molecule has 0 atom stereocenters. The Morgan fingerprint density at radius 1 is 1.22 bits per heavy atom. The third kappa shape index (κ3) is 4.00. The Balaban J connectivity index is 0.00000192. The van der Waals surface area contributed by atoms with Gasteiger partial charge in [0, 0.05) is 17.6 Å². The van der Waals surface area contributed by atoms with Crippen LogP contribution in [0.2, 0.25) is 0 Å². The Morgan fingerprint density at radius 3 is 2.61 bits per heavy atom. The molecule has 1 fully saturated rings. The molecule has 6 nitrogen and oxygen atoms in total. The Kier molecular flexibility index (Phi) is 5.96. The van der Waals surface area contributed by atoms with Gasteiger partial charge in [0.05, 0.1) is 7.11 Å². The summed E-state index contributed by atoms with van der Waals surface area (Å²) in [5.74, 6) is 1.53. The van der Waals surface area contributed by atoms with Crippen molar-refractivity contribution in [1.82, 2.24) is 5.32 Å². The van der Waals surface area contributed by atoms with Crippen LogP contribution in [-0.4, -0.2) is 38.3 Å². The normalized spacial score (nSPS) is 22.7. The van der Waals surface area contributed by atoms with Gasteiger partial charge < -0.3 is 25.3 Å². The molecule has 128 valence electrons. The summed E-state index contributed by atoms with van der Waals surface area (Å²) >= 11 is 0. The van der Waals surface area contributed by atoms with Gasteiger partial charge in [-0.3, -0.25) is 4.79 Å². The molecular formula is C16H23ClN2O4. The van der Waals surface area contributed by atoms with E-state index in [2.05, 4.69) is 5.32 Å². The number of carbonyl (C=O) groups is 1. The van der Waals surface area contributed by atoms with E-state index >= 15 is 0 Å². The number of amides is 1. The largest absolute Gasteiger partial charge is 0.493 e. The lowest BCUT2D eigenvalue weighted by atomic mass is 9.91. The minimum atomic E-state index is -0.115. The molecule has 1 heterocycles. The van der Waals surface area contributed by atoms with Crippen molar-refractivity contribution in [2.45, 2.75) is 37.8 Å². The summed E-state index contributed by atoms with van der Waals surface area (Å²) in [6, 6.07) is 3.85. The third-order valence-corrected chi connectivity index (χ3v) is 4.20. The molecule has 3 rings (SSSR count). The topological polar surface area (TPSA) is 82.8 Å². The molecule has 23 heavy (non-hydrogen) atoms. The van der Waals surface area contributed by atoms with Gasteiger partial charge in [0.25, 0.3) is 5.91 Å². The highest BCUT2D eigenvalue weighted by molar-refractivity contribution is 5.95.